The van der Waals surface area contributed by atoms with Gasteiger partial charge in [-0.2, -0.15) is 0 Å². The Hall–Kier alpha value is -1.58. The SMILES string of the molecule is O=P(O)(O)COCCC(CO)n1cnc2c(N3CCCC3)ncnc21. The lowest BCUT2D eigenvalue weighted by atomic mass is 10.2. The van der Waals surface area contributed by atoms with Crippen molar-refractivity contribution in [1.82, 2.24) is 19.5 Å². The van der Waals surface area contributed by atoms with E-state index in [0.29, 0.717) is 17.6 Å². The van der Waals surface area contributed by atoms with Crippen LogP contribution in [0.15, 0.2) is 12.7 Å². The van der Waals surface area contributed by atoms with Crippen molar-refractivity contribution in [1.29, 1.82) is 0 Å². The average Bonchev–Trinajstić information content (AvgIpc) is 3.23. The first kappa shape index (κ1) is 18.2. The first-order valence-corrected chi connectivity index (χ1v) is 9.95. The molecule has 1 atom stereocenters. The zero-order valence-electron chi connectivity index (χ0n) is 13.7. The van der Waals surface area contributed by atoms with Crippen molar-refractivity contribution in [2.45, 2.75) is 25.3 Å². The third-order valence-corrected chi connectivity index (χ3v) is 4.72. The molecule has 1 fully saturated rings. The van der Waals surface area contributed by atoms with Gasteiger partial charge in [-0.05, 0) is 19.3 Å². The maximum atomic E-state index is 10.8. The molecule has 0 bridgehead atoms. The smallest absolute Gasteiger partial charge is 0.350 e. The predicted octanol–water partition coefficient (Wildman–Crippen LogP) is 0.502. The number of hydrogen-bond acceptors (Lipinski definition) is 7. The van der Waals surface area contributed by atoms with Crippen molar-refractivity contribution in [3.8, 4) is 0 Å². The molecular weight excluding hydrogens is 349 g/mol. The molecule has 0 spiro atoms. The third kappa shape index (κ3) is 4.34. The Morgan fingerprint density at radius 1 is 1.24 bits per heavy atom. The quantitative estimate of drug-likeness (QED) is 0.448. The van der Waals surface area contributed by atoms with E-state index in [9.17, 15) is 9.67 Å². The molecule has 0 aliphatic carbocycles. The molecule has 0 aromatic carbocycles. The summed E-state index contributed by atoms with van der Waals surface area (Å²) >= 11 is 0. The Bertz CT molecular complexity index is 757. The molecule has 3 heterocycles. The Kier molecular flexibility index (Phi) is 5.65. The van der Waals surface area contributed by atoms with Crippen molar-refractivity contribution < 1.29 is 24.2 Å². The van der Waals surface area contributed by atoms with Crippen LogP contribution in [0, 0.1) is 0 Å². The monoisotopic (exact) mass is 371 g/mol. The summed E-state index contributed by atoms with van der Waals surface area (Å²) in [5, 5.41) is 9.69. The van der Waals surface area contributed by atoms with Gasteiger partial charge in [-0.1, -0.05) is 0 Å². The summed E-state index contributed by atoms with van der Waals surface area (Å²) in [5.74, 6) is 0.802. The number of hydrogen-bond donors (Lipinski definition) is 3. The molecule has 3 N–H and O–H groups in total. The fourth-order valence-corrected chi connectivity index (χ4v) is 3.36. The van der Waals surface area contributed by atoms with E-state index >= 15 is 0 Å². The number of aliphatic hydroxyl groups excluding tert-OH is 1. The Morgan fingerprint density at radius 3 is 2.68 bits per heavy atom. The average molecular weight is 371 g/mol. The summed E-state index contributed by atoms with van der Waals surface area (Å²) in [6.07, 6.45) is 5.11. The highest BCUT2D eigenvalue weighted by molar-refractivity contribution is 7.51. The summed E-state index contributed by atoms with van der Waals surface area (Å²) in [6.45, 7) is 1.84. The van der Waals surface area contributed by atoms with Gasteiger partial charge in [0.1, 0.15) is 12.7 Å². The number of nitrogens with zero attached hydrogens (tertiary/aromatic N) is 5. The van der Waals surface area contributed by atoms with E-state index in [-0.39, 0.29) is 19.3 Å². The van der Waals surface area contributed by atoms with Gasteiger partial charge in [-0.15, -0.1) is 0 Å². The maximum Gasteiger partial charge on any atom is 0.350 e. The number of anilines is 1. The molecule has 1 unspecified atom stereocenters. The molecule has 138 valence electrons. The fraction of sp³-hybridized carbons (Fsp3) is 0.643. The lowest BCUT2D eigenvalue weighted by molar-refractivity contribution is 0.127. The number of imidazole rings is 1. The largest absolute Gasteiger partial charge is 0.394 e. The lowest BCUT2D eigenvalue weighted by Crippen LogP contribution is -2.20. The zero-order valence-corrected chi connectivity index (χ0v) is 14.6. The molecule has 1 aliphatic heterocycles. The fourth-order valence-electron chi connectivity index (χ4n) is 2.99. The van der Waals surface area contributed by atoms with Crippen molar-refractivity contribution in [3.63, 3.8) is 0 Å². The van der Waals surface area contributed by atoms with E-state index in [1.54, 1.807) is 10.9 Å². The van der Waals surface area contributed by atoms with E-state index in [1.807, 2.05) is 0 Å². The van der Waals surface area contributed by atoms with Gasteiger partial charge in [0.2, 0.25) is 0 Å². The standard InChI is InChI=1S/C14H22N5O5P/c20-7-11(3-6-24-10-25(21,22)23)19-9-17-12-13(15-8-16-14(12)19)18-4-1-2-5-18/h8-9,11,20H,1-7,10H2,(H2,21,22,23). The van der Waals surface area contributed by atoms with Gasteiger partial charge in [-0.3, -0.25) is 4.57 Å². The normalized spacial score (nSPS) is 16.7. The van der Waals surface area contributed by atoms with Crippen LogP contribution in [0.1, 0.15) is 25.3 Å². The summed E-state index contributed by atoms with van der Waals surface area (Å²) in [6, 6.07) is -0.344. The number of aromatic nitrogens is 4. The van der Waals surface area contributed by atoms with E-state index in [0.717, 1.165) is 31.7 Å². The van der Waals surface area contributed by atoms with Crippen LogP contribution >= 0.6 is 7.60 Å². The van der Waals surface area contributed by atoms with E-state index in [4.69, 9.17) is 14.5 Å². The Labute approximate surface area is 144 Å². The second kappa shape index (κ2) is 7.76. The van der Waals surface area contributed by atoms with Gasteiger partial charge < -0.3 is 29.1 Å². The van der Waals surface area contributed by atoms with Crippen LogP contribution in [0.4, 0.5) is 5.82 Å². The Balaban J connectivity index is 1.75. The summed E-state index contributed by atoms with van der Waals surface area (Å²) < 4.78 is 17.6. The number of aliphatic hydroxyl groups is 1. The van der Waals surface area contributed by atoms with Crippen LogP contribution in [-0.4, -0.2) is 67.1 Å². The van der Waals surface area contributed by atoms with Crippen molar-refractivity contribution in [3.05, 3.63) is 12.7 Å². The maximum absolute atomic E-state index is 10.8. The van der Waals surface area contributed by atoms with Crippen LogP contribution in [0.5, 0.6) is 0 Å². The summed E-state index contributed by atoms with van der Waals surface area (Å²) in [7, 11) is -4.18. The first-order valence-electron chi connectivity index (χ1n) is 8.15. The molecule has 0 radical (unpaired) electrons. The number of fused-ring (bicyclic) bond motifs is 1. The first-order chi connectivity index (χ1) is 12.0. The van der Waals surface area contributed by atoms with E-state index in [2.05, 4.69) is 19.9 Å². The van der Waals surface area contributed by atoms with Crippen molar-refractivity contribution in [2.75, 3.05) is 37.6 Å². The van der Waals surface area contributed by atoms with Crippen LogP contribution < -0.4 is 4.90 Å². The lowest BCUT2D eigenvalue weighted by Gasteiger charge is -2.18. The van der Waals surface area contributed by atoms with Crippen LogP contribution in [0.3, 0.4) is 0 Å². The second-order valence-electron chi connectivity index (χ2n) is 6.04. The van der Waals surface area contributed by atoms with Crippen molar-refractivity contribution >= 4 is 24.6 Å². The highest BCUT2D eigenvalue weighted by Crippen LogP contribution is 2.34. The molecule has 0 saturated carbocycles. The summed E-state index contributed by atoms with van der Waals surface area (Å²) in [4.78, 5) is 32.8. The van der Waals surface area contributed by atoms with Crippen LogP contribution in [0.2, 0.25) is 0 Å². The highest BCUT2D eigenvalue weighted by Gasteiger charge is 2.22. The molecule has 1 aliphatic rings. The molecule has 2 aromatic rings. The molecule has 25 heavy (non-hydrogen) atoms. The predicted molar refractivity (Wildman–Crippen MR) is 90.4 cm³/mol. The third-order valence-electron chi connectivity index (χ3n) is 4.20. The van der Waals surface area contributed by atoms with Gasteiger partial charge >= 0.3 is 7.60 Å². The highest BCUT2D eigenvalue weighted by atomic mass is 31.2. The second-order valence-corrected chi connectivity index (χ2v) is 7.63. The van der Waals surface area contributed by atoms with E-state index < -0.39 is 13.9 Å². The molecule has 0 amide bonds. The topological polar surface area (TPSA) is 134 Å². The minimum atomic E-state index is -4.18. The molecule has 10 nitrogen and oxygen atoms in total. The van der Waals surface area contributed by atoms with Gasteiger partial charge in [0, 0.05) is 19.7 Å². The molecule has 2 aromatic heterocycles. The molecule has 11 heteroatoms. The summed E-state index contributed by atoms with van der Waals surface area (Å²) in [5.41, 5.74) is 1.32. The number of rotatable bonds is 8. The van der Waals surface area contributed by atoms with Crippen LogP contribution in [-0.2, 0) is 9.30 Å². The van der Waals surface area contributed by atoms with Gasteiger partial charge in [0.05, 0.1) is 19.0 Å². The van der Waals surface area contributed by atoms with Gasteiger partial charge in [0.25, 0.3) is 0 Å². The van der Waals surface area contributed by atoms with Gasteiger partial charge in [-0.25, -0.2) is 15.0 Å². The minimum absolute atomic E-state index is 0.111. The van der Waals surface area contributed by atoms with E-state index in [1.165, 1.54) is 6.33 Å². The zero-order chi connectivity index (χ0) is 17.9. The Morgan fingerprint density at radius 2 is 2.00 bits per heavy atom. The minimum Gasteiger partial charge on any atom is -0.394 e. The molecule has 1 saturated heterocycles. The van der Waals surface area contributed by atoms with Crippen molar-refractivity contribution in [2.24, 2.45) is 0 Å². The van der Waals surface area contributed by atoms with Crippen LogP contribution in [0.25, 0.3) is 11.2 Å². The van der Waals surface area contributed by atoms with Gasteiger partial charge in [0.15, 0.2) is 17.0 Å². The molecular formula is C14H22N5O5P. The number of ether oxygens (including phenoxy) is 1. The molecule has 3 rings (SSSR count).